The standard InChI is InChI=1S/C15H20N2O5S/c1-10(2)14(18)16-4-5-17(15(19)11-3-6-22-7-11)13-9-23(20,21)8-12(13)16/h3,6-7,10,12-13H,4-5,8-9H2,1-2H3/t12-,13+/m1/s1. The molecule has 0 aromatic carbocycles. The Morgan fingerprint density at radius 1 is 1.17 bits per heavy atom. The van der Waals surface area contributed by atoms with Gasteiger partial charge in [0, 0.05) is 19.0 Å². The SMILES string of the molecule is CC(C)C(=O)N1CCN(C(=O)c2ccoc2)[C@H]2CS(=O)(=O)C[C@H]21. The van der Waals surface area contributed by atoms with Crippen molar-refractivity contribution in [1.82, 2.24) is 9.80 Å². The molecule has 2 aliphatic heterocycles. The molecular weight excluding hydrogens is 320 g/mol. The number of carbonyl (C=O) groups excluding carboxylic acids is 2. The van der Waals surface area contributed by atoms with Gasteiger partial charge in [0.1, 0.15) is 6.26 Å². The maximum atomic E-state index is 12.6. The monoisotopic (exact) mass is 340 g/mol. The fourth-order valence-corrected chi connectivity index (χ4v) is 5.34. The molecular formula is C15H20N2O5S. The van der Waals surface area contributed by atoms with Crippen LogP contribution in [0.25, 0.3) is 0 Å². The first kappa shape index (κ1) is 16.0. The maximum Gasteiger partial charge on any atom is 0.257 e. The van der Waals surface area contributed by atoms with Gasteiger partial charge in [-0.3, -0.25) is 9.59 Å². The smallest absolute Gasteiger partial charge is 0.257 e. The third-order valence-corrected chi connectivity index (χ3v) is 6.18. The second-order valence-corrected chi connectivity index (χ2v) is 8.56. The van der Waals surface area contributed by atoms with Gasteiger partial charge in [0.2, 0.25) is 5.91 Å². The zero-order valence-corrected chi connectivity index (χ0v) is 14.0. The van der Waals surface area contributed by atoms with Gasteiger partial charge in [0.15, 0.2) is 9.84 Å². The molecule has 2 atom stereocenters. The van der Waals surface area contributed by atoms with E-state index in [4.69, 9.17) is 4.42 Å². The first-order valence-corrected chi connectivity index (χ1v) is 9.46. The van der Waals surface area contributed by atoms with Crippen LogP contribution in [0, 0.1) is 5.92 Å². The van der Waals surface area contributed by atoms with Crippen molar-refractivity contribution < 1.29 is 22.4 Å². The lowest BCUT2D eigenvalue weighted by Gasteiger charge is -2.44. The third-order valence-electron chi connectivity index (χ3n) is 4.48. The van der Waals surface area contributed by atoms with Gasteiger partial charge >= 0.3 is 0 Å². The van der Waals surface area contributed by atoms with Crippen molar-refractivity contribution in [2.75, 3.05) is 24.6 Å². The van der Waals surface area contributed by atoms with E-state index in [1.807, 2.05) is 0 Å². The summed E-state index contributed by atoms with van der Waals surface area (Å²) < 4.78 is 29.1. The summed E-state index contributed by atoms with van der Waals surface area (Å²) in [5.74, 6) is -0.681. The number of amides is 2. The molecule has 8 heteroatoms. The Bertz CT molecular complexity index is 710. The minimum atomic E-state index is -3.27. The molecule has 0 bridgehead atoms. The molecule has 2 fully saturated rings. The first-order valence-electron chi connectivity index (χ1n) is 7.64. The van der Waals surface area contributed by atoms with Crippen molar-refractivity contribution >= 4 is 21.7 Å². The van der Waals surface area contributed by atoms with Crippen LogP contribution in [0.3, 0.4) is 0 Å². The van der Waals surface area contributed by atoms with E-state index in [0.717, 1.165) is 0 Å². The van der Waals surface area contributed by atoms with Crippen LogP contribution in [0.5, 0.6) is 0 Å². The number of carbonyl (C=O) groups is 2. The highest BCUT2D eigenvalue weighted by Crippen LogP contribution is 2.29. The average molecular weight is 340 g/mol. The summed E-state index contributed by atoms with van der Waals surface area (Å²) in [5.41, 5.74) is 0.400. The molecule has 2 aliphatic rings. The Balaban J connectivity index is 1.90. The van der Waals surface area contributed by atoms with Crippen LogP contribution in [0.2, 0.25) is 0 Å². The highest BCUT2D eigenvalue weighted by Gasteiger charge is 2.49. The van der Waals surface area contributed by atoms with E-state index in [2.05, 4.69) is 0 Å². The van der Waals surface area contributed by atoms with Crippen molar-refractivity contribution in [2.24, 2.45) is 5.92 Å². The Labute approximate surface area is 135 Å². The van der Waals surface area contributed by atoms with Crippen molar-refractivity contribution in [2.45, 2.75) is 25.9 Å². The van der Waals surface area contributed by atoms with Crippen LogP contribution >= 0.6 is 0 Å². The number of hydrogen-bond donors (Lipinski definition) is 0. The van der Waals surface area contributed by atoms with E-state index >= 15 is 0 Å². The zero-order chi connectivity index (χ0) is 16.8. The Morgan fingerprint density at radius 2 is 1.78 bits per heavy atom. The van der Waals surface area contributed by atoms with Crippen LogP contribution in [0.4, 0.5) is 0 Å². The lowest BCUT2D eigenvalue weighted by Crippen LogP contribution is -2.62. The quantitative estimate of drug-likeness (QED) is 0.777. The average Bonchev–Trinajstić information content (AvgIpc) is 3.10. The van der Waals surface area contributed by atoms with Gasteiger partial charge in [-0.25, -0.2) is 8.42 Å². The molecule has 0 unspecified atom stereocenters. The molecule has 0 saturated carbocycles. The highest BCUT2D eigenvalue weighted by molar-refractivity contribution is 7.91. The summed E-state index contributed by atoms with van der Waals surface area (Å²) in [6.07, 6.45) is 2.76. The van der Waals surface area contributed by atoms with Crippen molar-refractivity contribution in [1.29, 1.82) is 0 Å². The van der Waals surface area contributed by atoms with Gasteiger partial charge < -0.3 is 14.2 Å². The summed E-state index contributed by atoms with van der Waals surface area (Å²) >= 11 is 0. The number of piperazine rings is 1. The molecule has 0 aliphatic carbocycles. The Kier molecular flexibility index (Phi) is 3.95. The molecule has 23 heavy (non-hydrogen) atoms. The summed E-state index contributed by atoms with van der Waals surface area (Å²) in [6.45, 7) is 4.28. The van der Waals surface area contributed by atoms with Gasteiger partial charge in [0.25, 0.3) is 5.91 Å². The zero-order valence-electron chi connectivity index (χ0n) is 13.1. The molecule has 0 N–H and O–H groups in total. The molecule has 2 amide bonds. The highest BCUT2D eigenvalue weighted by atomic mass is 32.2. The van der Waals surface area contributed by atoms with E-state index in [9.17, 15) is 18.0 Å². The van der Waals surface area contributed by atoms with Gasteiger partial charge in [-0.2, -0.15) is 0 Å². The molecule has 2 saturated heterocycles. The van der Waals surface area contributed by atoms with E-state index in [0.29, 0.717) is 18.7 Å². The van der Waals surface area contributed by atoms with E-state index in [-0.39, 0.29) is 29.2 Å². The topological polar surface area (TPSA) is 87.9 Å². The summed E-state index contributed by atoms with van der Waals surface area (Å²) in [4.78, 5) is 28.2. The van der Waals surface area contributed by atoms with Crippen LogP contribution in [-0.2, 0) is 14.6 Å². The van der Waals surface area contributed by atoms with Crippen LogP contribution in [0.15, 0.2) is 23.0 Å². The van der Waals surface area contributed by atoms with Crippen LogP contribution in [0.1, 0.15) is 24.2 Å². The van der Waals surface area contributed by atoms with Gasteiger partial charge in [0.05, 0.1) is 35.4 Å². The normalized spacial score (nSPS) is 26.4. The number of nitrogens with zero attached hydrogens (tertiary/aromatic N) is 2. The molecule has 0 spiro atoms. The van der Waals surface area contributed by atoms with Crippen molar-refractivity contribution in [3.63, 3.8) is 0 Å². The van der Waals surface area contributed by atoms with E-state index in [1.165, 1.54) is 12.5 Å². The van der Waals surface area contributed by atoms with Crippen LogP contribution in [-0.4, -0.2) is 66.7 Å². The maximum absolute atomic E-state index is 12.6. The van der Waals surface area contributed by atoms with E-state index < -0.39 is 21.9 Å². The van der Waals surface area contributed by atoms with Gasteiger partial charge in [-0.05, 0) is 6.07 Å². The molecule has 1 aromatic rings. The predicted molar refractivity (Wildman–Crippen MR) is 82.5 cm³/mol. The molecule has 1 aromatic heterocycles. The second-order valence-electron chi connectivity index (χ2n) is 6.41. The molecule has 7 nitrogen and oxygen atoms in total. The second kappa shape index (κ2) is 5.67. The predicted octanol–water partition coefficient (Wildman–Crippen LogP) is 0.386. The Morgan fingerprint density at radius 3 is 2.35 bits per heavy atom. The molecule has 3 heterocycles. The Hall–Kier alpha value is -1.83. The van der Waals surface area contributed by atoms with Gasteiger partial charge in [-0.1, -0.05) is 13.8 Å². The molecule has 126 valence electrons. The number of rotatable bonds is 2. The first-order chi connectivity index (χ1) is 10.8. The minimum absolute atomic E-state index is 0.0625. The number of furan rings is 1. The summed E-state index contributed by atoms with van der Waals surface area (Å²) in [6, 6.07) is 0.616. The van der Waals surface area contributed by atoms with Crippen LogP contribution < -0.4 is 0 Å². The number of hydrogen-bond acceptors (Lipinski definition) is 5. The minimum Gasteiger partial charge on any atom is -0.472 e. The lowest BCUT2D eigenvalue weighted by atomic mass is 10.0. The number of sulfone groups is 1. The fraction of sp³-hybridized carbons (Fsp3) is 0.600. The molecule has 3 rings (SSSR count). The third kappa shape index (κ3) is 2.87. The molecule has 0 radical (unpaired) electrons. The number of fused-ring (bicyclic) bond motifs is 1. The fourth-order valence-electron chi connectivity index (χ4n) is 3.36. The van der Waals surface area contributed by atoms with Crippen molar-refractivity contribution in [3.05, 3.63) is 24.2 Å². The summed E-state index contributed by atoms with van der Waals surface area (Å²) in [7, 11) is -3.27. The summed E-state index contributed by atoms with van der Waals surface area (Å²) in [5, 5.41) is 0. The van der Waals surface area contributed by atoms with Crippen molar-refractivity contribution in [3.8, 4) is 0 Å². The van der Waals surface area contributed by atoms with Gasteiger partial charge in [-0.15, -0.1) is 0 Å². The largest absolute Gasteiger partial charge is 0.472 e. The lowest BCUT2D eigenvalue weighted by molar-refractivity contribution is -0.139. The van der Waals surface area contributed by atoms with E-state index in [1.54, 1.807) is 29.7 Å².